The molecule has 68 heavy (non-hydrogen) atoms. The van der Waals surface area contributed by atoms with Gasteiger partial charge in [-0.05, 0) is 200 Å². The molecule has 4 saturated heterocycles. The predicted molar refractivity (Wildman–Crippen MR) is 281 cm³/mol. The van der Waals surface area contributed by atoms with Gasteiger partial charge in [-0.1, -0.05) is 116 Å². The summed E-state index contributed by atoms with van der Waals surface area (Å²) in [6.45, 7) is 0. The Balaban J connectivity index is 0.731. The smallest absolute Gasteiger partial charge is 0.0605 e. The molecule has 0 aromatic carbocycles. The molecule has 4 N–H and O–H groups in total. The Labute approximate surface area is 418 Å². The Bertz CT molecular complexity index is 1430. The van der Waals surface area contributed by atoms with Crippen molar-refractivity contribution in [1.29, 1.82) is 0 Å². The predicted octanol–water partition coefficient (Wildman–Crippen LogP) is 13.2. The van der Waals surface area contributed by atoms with E-state index in [9.17, 15) is 0 Å². The fourth-order valence-electron chi connectivity index (χ4n) is 22.0. The van der Waals surface area contributed by atoms with Crippen molar-refractivity contribution in [2.24, 2.45) is 59.2 Å². The van der Waals surface area contributed by atoms with Crippen molar-refractivity contribution in [3.63, 3.8) is 0 Å². The monoisotopic (exact) mass is 935 g/mol. The molecular formula is C62H106N6. The molecule has 0 bridgehead atoms. The molecule has 0 amide bonds. The van der Waals surface area contributed by atoms with Gasteiger partial charge in [0.1, 0.15) is 0 Å². The molecule has 6 heteroatoms. The molecule has 16 atom stereocenters. The van der Waals surface area contributed by atoms with E-state index in [4.69, 9.17) is 0 Å². The van der Waals surface area contributed by atoms with Gasteiger partial charge in [0, 0.05) is 60.4 Å². The van der Waals surface area contributed by atoms with Crippen LogP contribution in [0.25, 0.3) is 0 Å². The minimum Gasteiger partial charge on any atom is -0.299 e. The van der Waals surface area contributed by atoms with Crippen LogP contribution in [0.15, 0.2) is 0 Å². The van der Waals surface area contributed by atoms with Gasteiger partial charge in [-0.2, -0.15) is 0 Å². The quantitative estimate of drug-likeness (QED) is 0.195. The molecule has 9 saturated carbocycles. The maximum atomic E-state index is 4.50. The zero-order chi connectivity index (χ0) is 45.0. The summed E-state index contributed by atoms with van der Waals surface area (Å²) in [6.07, 6.45) is 60.9. The first kappa shape index (κ1) is 47.5. The molecule has 0 spiro atoms. The molecule has 0 aromatic rings. The van der Waals surface area contributed by atoms with E-state index in [-0.39, 0.29) is 0 Å². The van der Waals surface area contributed by atoms with Crippen LogP contribution in [-0.4, -0.2) is 82.5 Å². The van der Waals surface area contributed by atoms with Gasteiger partial charge in [0.15, 0.2) is 0 Å². The molecule has 4 aliphatic heterocycles. The molecule has 384 valence electrons. The van der Waals surface area contributed by atoms with E-state index in [1.807, 2.05) is 0 Å². The van der Waals surface area contributed by atoms with E-state index in [0.29, 0.717) is 12.3 Å². The highest BCUT2D eigenvalue weighted by molar-refractivity contribution is 5.17. The fourth-order valence-corrected chi connectivity index (χ4v) is 22.0. The van der Waals surface area contributed by atoms with Crippen LogP contribution in [0.5, 0.6) is 0 Å². The first-order valence-electron chi connectivity index (χ1n) is 32.3. The van der Waals surface area contributed by atoms with Gasteiger partial charge in [0.2, 0.25) is 0 Å². The van der Waals surface area contributed by atoms with E-state index in [2.05, 4.69) is 31.1 Å². The Morgan fingerprint density at radius 1 is 0.235 bits per heavy atom. The number of hydrogen-bond donors (Lipinski definition) is 4. The molecule has 13 aliphatic rings. The molecule has 4 heterocycles. The zero-order valence-electron chi connectivity index (χ0n) is 43.9. The van der Waals surface area contributed by atoms with Crippen molar-refractivity contribution in [2.75, 3.05) is 0 Å². The molecule has 6 nitrogen and oxygen atoms in total. The average molecular weight is 936 g/mol. The summed E-state index contributed by atoms with van der Waals surface area (Å²) in [4.78, 5) is 6.86. The van der Waals surface area contributed by atoms with Crippen LogP contribution >= 0.6 is 0 Å². The minimum absolute atomic E-state index is 0.558. The Morgan fingerprint density at radius 3 is 0.897 bits per heavy atom. The lowest BCUT2D eigenvalue weighted by atomic mass is 9.61. The molecule has 9 aliphatic carbocycles. The number of nitrogens with zero attached hydrogens (tertiary/aromatic N) is 2. The molecule has 13 fully saturated rings. The van der Waals surface area contributed by atoms with Crippen LogP contribution < -0.4 is 21.3 Å². The lowest BCUT2D eigenvalue weighted by molar-refractivity contribution is -0.000320. The summed E-state index contributed by atoms with van der Waals surface area (Å²) in [6, 6.07) is 8.30. The van der Waals surface area contributed by atoms with E-state index in [0.717, 1.165) is 120 Å². The van der Waals surface area contributed by atoms with Gasteiger partial charge in [-0.25, -0.2) is 0 Å². The molecule has 13 rings (SSSR count). The summed E-state index contributed by atoms with van der Waals surface area (Å²) in [7, 11) is 0. The number of rotatable bonds is 8. The third-order valence-electron chi connectivity index (χ3n) is 24.8. The second kappa shape index (κ2) is 21.5. The third kappa shape index (κ3) is 9.46. The minimum atomic E-state index is 0.558. The van der Waals surface area contributed by atoms with Gasteiger partial charge >= 0.3 is 0 Å². The second-order valence-electron chi connectivity index (χ2n) is 28.1. The first-order valence-corrected chi connectivity index (χ1v) is 32.3. The van der Waals surface area contributed by atoms with E-state index in [1.54, 1.807) is 12.8 Å². The third-order valence-corrected chi connectivity index (χ3v) is 24.8. The van der Waals surface area contributed by atoms with Crippen molar-refractivity contribution >= 4 is 0 Å². The van der Waals surface area contributed by atoms with Gasteiger partial charge < -0.3 is 0 Å². The van der Waals surface area contributed by atoms with Gasteiger partial charge in [-0.3, -0.25) is 31.1 Å². The van der Waals surface area contributed by atoms with Crippen LogP contribution in [0.3, 0.4) is 0 Å². The topological polar surface area (TPSA) is 54.6 Å². The van der Waals surface area contributed by atoms with Crippen LogP contribution in [0, 0.1) is 59.2 Å². The molecular weight excluding hydrogens is 829 g/mol. The number of likely N-dealkylation sites (tertiary alicyclic amines) is 2. The van der Waals surface area contributed by atoms with Gasteiger partial charge in [0.25, 0.3) is 0 Å². The molecule has 0 aromatic heterocycles. The van der Waals surface area contributed by atoms with Gasteiger partial charge in [0.05, 0.1) is 12.3 Å². The largest absolute Gasteiger partial charge is 0.299 e. The number of nitrogens with one attached hydrogen (secondary N) is 4. The summed E-state index contributed by atoms with van der Waals surface area (Å²) in [5.74, 6) is 9.32. The van der Waals surface area contributed by atoms with Crippen molar-refractivity contribution in [3.8, 4) is 0 Å². The summed E-state index contributed by atoms with van der Waals surface area (Å²) >= 11 is 0. The Kier molecular flexibility index (Phi) is 15.0. The van der Waals surface area contributed by atoms with Crippen LogP contribution in [0.4, 0.5) is 0 Å². The number of hydrogen-bond acceptors (Lipinski definition) is 6. The van der Waals surface area contributed by atoms with E-state index < -0.39 is 0 Å². The standard InChI is InChI=1S/C62H106N6/c1-5-19-41(20-6-1)51-39-52(42-21-7-2-8-22-42)64-61(63-51)45-27-17-29-47(37-45)67-55-33-15-13-31-49(55)59-57(67)35-36-58-60(59)50-32-14-16-34-56(50)68(58)48-30-18-28-46(38-48)62-65-53(43-23-9-3-10-24-43)40-54(66-62)44-25-11-4-12-26-44/h41-66H,1-40H2. The van der Waals surface area contributed by atoms with Crippen molar-refractivity contribution < 1.29 is 0 Å². The van der Waals surface area contributed by atoms with Crippen LogP contribution in [-0.2, 0) is 0 Å². The van der Waals surface area contributed by atoms with Crippen LogP contribution in [0.2, 0.25) is 0 Å². The summed E-state index contributed by atoms with van der Waals surface area (Å²) < 4.78 is 0. The van der Waals surface area contributed by atoms with E-state index >= 15 is 0 Å². The van der Waals surface area contributed by atoms with Crippen molar-refractivity contribution in [3.05, 3.63) is 0 Å². The maximum absolute atomic E-state index is 4.50. The highest BCUT2D eigenvalue weighted by atomic mass is 15.3. The number of fused-ring (bicyclic) bond motifs is 7. The Hall–Kier alpha value is -0.240. The average Bonchev–Trinajstić information content (AvgIpc) is 3.95. The maximum Gasteiger partial charge on any atom is 0.0605 e. The zero-order valence-corrected chi connectivity index (χ0v) is 43.9. The Morgan fingerprint density at radius 2 is 0.544 bits per heavy atom. The van der Waals surface area contributed by atoms with Gasteiger partial charge in [-0.15, -0.1) is 0 Å². The van der Waals surface area contributed by atoms with E-state index in [1.165, 1.54) is 244 Å². The lowest BCUT2D eigenvalue weighted by Gasteiger charge is -2.51. The second-order valence-corrected chi connectivity index (χ2v) is 28.1. The highest BCUT2D eigenvalue weighted by Gasteiger charge is 2.64. The first-order chi connectivity index (χ1) is 33.7. The summed E-state index contributed by atoms with van der Waals surface area (Å²) in [5.41, 5.74) is 0. The summed E-state index contributed by atoms with van der Waals surface area (Å²) in [5, 5.41) is 18.0. The SMILES string of the molecule is C1CCC(C2CC(C3CCCCC3)NC(C3CCCC(N4C5CCCCC5C5C6C7CCCCC7N(C7CCCC(C8NC(C9CCCCC9)CC(C9CCCCC9)N8)C7)C6CCC54)C3)N2)CC1. The normalized spacial score (nSPS) is 48.9. The van der Waals surface area contributed by atoms with Crippen LogP contribution in [0.1, 0.15) is 257 Å². The molecule has 16 unspecified atom stereocenters. The van der Waals surface area contributed by atoms with Crippen molar-refractivity contribution in [1.82, 2.24) is 31.1 Å². The molecule has 0 radical (unpaired) electrons. The lowest BCUT2D eigenvalue weighted by Crippen LogP contribution is -2.65. The van der Waals surface area contributed by atoms with Crippen molar-refractivity contribution in [2.45, 2.75) is 330 Å². The fraction of sp³-hybridized carbons (Fsp3) is 1.00. The highest BCUT2D eigenvalue weighted by Crippen LogP contribution is 2.61.